The lowest BCUT2D eigenvalue weighted by Crippen LogP contribution is -2.40. The highest BCUT2D eigenvalue weighted by molar-refractivity contribution is 5.50. The standard InChI is InChI=1S/C10H9F6N/c1-5-2-3-6(7(17)4-5)8(11)9(12,13)10(14,15)16/h2-4,8H,17H2,1H3. The summed E-state index contributed by atoms with van der Waals surface area (Å²) >= 11 is 0. The van der Waals surface area contributed by atoms with E-state index in [1.54, 1.807) is 6.92 Å². The summed E-state index contributed by atoms with van der Waals surface area (Å²) < 4.78 is 74.6. The molecule has 2 N–H and O–H groups in total. The number of nitrogen functional groups attached to an aromatic ring is 1. The molecule has 0 saturated heterocycles. The number of hydrogen-bond acceptors (Lipinski definition) is 1. The molecule has 0 aliphatic rings. The fraction of sp³-hybridized carbons (Fsp3) is 0.400. The van der Waals surface area contributed by atoms with Crippen molar-refractivity contribution in [2.45, 2.75) is 25.2 Å². The SMILES string of the molecule is Cc1ccc(C(F)C(F)(F)C(F)(F)F)c(N)c1. The number of hydrogen-bond donors (Lipinski definition) is 1. The summed E-state index contributed by atoms with van der Waals surface area (Å²) in [6, 6.07) is 3.17. The zero-order valence-electron chi connectivity index (χ0n) is 8.65. The molecule has 1 atom stereocenters. The third kappa shape index (κ3) is 2.48. The molecule has 0 aliphatic carbocycles. The molecular formula is C10H9F6N. The topological polar surface area (TPSA) is 26.0 Å². The largest absolute Gasteiger partial charge is 0.456 e. The van der Waals surface area contributed by atoms with Gasteiger partial charge in [-0.25, -0.2) is 4.39 Å². The second-order valence-electron chi connectivity index (χ2n) is 3.62. The first-order valence-electron chi connectivity index (χ1n) is 4.52. The minimum Gasteiger partial charge on any atom is -0.398 e. The third-order valence-electron chi connectivity index (χ3n) is 2.21. The molecule has 0 aromatic heterocycles. The van der Waals surface area contributed by atoms with Gasteiger partial charge < -0.3 is 5.73 Å². The van der Waals surface area contributed by atoms with E-state index in [0.29, 0.717) is 5.56 Å². The Balaban J connectivity index is 3.17. The van der Waals surface area contributed by atoms with Gasteiger partial charge in [-0.15, -0.1) is 0 Å². The van der Waals surface area contributed by atoms with E-state index in [2.05, 4.69) is 0 Å². The van der Waals surface area contributed by atoms with E-state index >= 15 is 0 Å². The Kier molecular flexibility index (Phi) is 3.31. The normalized spacial score (nSPS) is 14.8. The minimum atomic E-state index is -5.95. The van der Waals surface area contributed by atoms with Gasteiger partial charge in [0.25, 0.3) is 0 Å². The molecule has 0 fully saturated rings. The number of halogens is 6. The van der Waals surface area contributed by atoms with Gasteiger partial charge in [0, 0.05) is 11.3 Å². The fourth-order valence-corrected chi connectivity index (χ4v) is 1.26. The van der Waals surface area contributed by atoms with Crippen LogP contribution in [-0.2, 0) is 0 Å². The summed E-state index contributed by atoms with van der Waals surface area (Å²) in [5.74, 6) is -5.46. The van der Waals surface area contributed by atoms with Gasteiger partial charge in [0.05, 0.1) is 0 Å². The molecule has 0 heterocycles. The van der Waals surface area contributed by atoms with Crippen molar-refractivity contribution in [1.29, 1.82) is 0 Å². The number of anilines is 1. The third-order valence-corrected chi connectivity index (χ3v) is 2.21. The molecule has 96 valence electrons. The molecule has 0 bridgehead atoms. The van der Waals surface area contributed by atoms with Crippen LogP contribution in [0.5, 0.6) is 0 Å². The molecule has 1 aromatic carbocycles. The Morgan fingerprint density at radius 2 is 1.65 bits per heavy atom. The maximum absolute atomic E-state index is 13.3. The van der Waals surface area contributed by atoms with Crippen molar-refractivity contribution >= 4 is 5.69 Å². The highest BCUT2D eigenvalue weighted by Crippen LogP contribution is 2.47. The Labute approximate surface area is 93.2 Å². The van der Waals surface area contributed by atoms with Crippen molar-refractivity contribution in [2.24, 2.45) is 0 Å². The molecule has 0 amide bonds. The van der Waals surface area contributed by atoms with Gasteiger partial charge >= 0.3 is 12.1 Å². The number of nitrogens with two attached hydrogens (primary N) is 1. The molecule has 1 aromatic rings. The van der Waals surface area contributed by atoms with Crippen molar-refractivity contribution in [2.75, 3.05) is 5.73 Å². The number of alkyl halides is 6. The van der Waals surface area contributed by atoms with Gasteiger partial charge in [0.15, 0.2) is 6.17 Å². The first kappa shape index (κ1) is 13.7. The van der Waals surface area contributed by atoms with Crippen LogP contribution in [0.1, 0.15) is 17.3 Å². The summed E-state index contributed by atoms with van der Waals surface area (Å²) in [6.45, 7) is 1.55. The molecule has 17 heavy (non-hydrogen) atoms. The van der Waals surface area contributed by atoms with Crippen molar-refractivity contribution in [3.8, 4) is 0 Å². The van der Waals surface area contributed by atoms with Crippen LogP contribution in [0.15, 0.2) is 18.2 Å². The Morgan fingerprint density at radius 3 is 2.06 bits per heavy atom. The van der Waals surface area contributed by atoms with Crippen LogP contribution in [0.4, 0.5) is 32.0 Å². The molecule has 1 nitrogen and oxygen atoms in total. The molecule has 1 rings (SSSR count). The lowest BCUT2D eigenvalue weighted by molar-refractivity contribution is -0.305. The van der Waals surface area contributed by atoms with Crippen molar-refractivity contribution < 1.29 is 26.3 Å². The zero-order valence-corrected chi connectivity index (χ0v) is 8.65. The quantitative estimate of drug-likeness (QED) is 0.633. The summed E-state index contributed by atoms with van der Waals surface area (Å²) in [7, 11) is 0. The van der Waals surface area contributed by atoms with Crippen LogP contribution in [0.2, 0.25) is 0 Å². The molecule has 0 aliphatic heterocycles. The zero-order chi connectivity index (χ0) is 13.4. The minimum absolute atomic E-state index is 0.429. The van der Waals surface area contributed by atoms with Crippen LogP contribution in [0.25, 0.3) is 0 Å². The predicted molar refractivity (Wildman–Crippen MR) is 50.4 cm³/mol. The van der Waals surface area contributed by atoms with Crippen LogP contribution in [0, 0.1) is 6.92 Å². The first-order chi connectivity index (χ1) is 7.57. The summed E-state index contributed by atoms with van der Waals surface area (Å²) in [5, 5.41) is 0. The van der Waals surface area contributed by atoms with Gasteiger partial charge in [-0.2, -0.15) is 22.0 Å². The van der Waals surface area contributed by atoms with E-state index in [4.69, 9.17) is 5.73 Å². The van der Waals surface area contributed by atoms with E-state index in [-0.39, 0.29) is 0 Å². The van der Waals surface area contributed by atoms with Gasteiger partial charge in [-0.1, -0.05) is 12.1 Å². The second-order valence-corrected chi connectivity index (χ2v) is 3.62. The fourth-order valence-electron chi connectivity index (χ4n) is 1.26. The van der Waals surface area contributed by atoms with Gasteiger partial charge in [0.1, 0.15) is 0 Å². The van der Waals surface area contributed by atoms with Gasteiger partial charge in [-0.3, -0.25) is 0 Å². The van der Waals surface area contributed by atoms with Crippen LogP contribution >= 0.6 is 0 Å². The van der Waals surface area contributed by atoms with E-state index in [9.17, 15) is 26.3 Å². The summed E-state index contributed by atoms with van der Waals surface area (Å²) in [4.78, 5) is 0. The van der Waals surface area contributed by atoms with E-state index < -0.39 is 29.5 Å². The van der Waals surface area contributed by atoms with Crippen molar-refractivity contribution in [3.63, 3.8) is 0 Å². The molecule has 7 heteroatoms. The smallest absolute Gasteiger partial charge is 0.398 e. The lowest BCUT2D eigenvalue weighted by atomic mass is 10.0. The second kappa shape index (κ2) is 4.12. The van der Waals surface area contributed by atoms with Gasteiger partial charge in [-0.05, 0) is 18.6 Å². The number of benzene rings is 1. The predicted octanol–water partition coefficient (Wildman–Crippen LogP) is 3.79. The highest BCUT2D eigenvalue weighted by Gasteiger charge is 2.63. The van der Waals surface area contributed by atoms with E-state index in [0.717, 1.165) is 12.1 Å². The maximum Gasteiger partial charge on any atom is 0.456 e. The Hall–Kier alpha value is -1.40. The summed E-state index contributed by atoms with van der Waals surface area (Å²) in [5.41, 5.74) is 4.47. The Bertz CT molecular complexity index is 412. The van der Waals surface area contributed by atoms with E-state index in [1.165, 1.54) is 6.07 Å². The average Bonchev–Trinajstić information content (AvgIpc) is 2.14. The first-order valence-corrected chi connectivity index (χ1v) is 4.52. The number of aryl methyl sites for hydroxylation is 1. The van der Waals surface area contributed by atoms with Gasteiger partial charge in [0.2, 0.25) is 0 Å². The molecule has 1 unspecified atom stereocenters. The number of rotatable bonds is 2. The molecule has 0 radical (unpaired) electrons. The van der Waals surface area contributed by atoms with Crippen molar-refractivity contribution in [3.05, 3.63) is 29.3 Å². The van der Waals surface area contributed by atoms with E-state index in [1.807, 2.05) is 0 Å². The molecule has 0 spiro atoms. The highest BCUT2D eigenvalue weighted by atomic mass is 19.4. The monoisotopic (exact) mass is 257 g/mol. The van der Waals surface area contributed by atoms with Crippen LogP contribution in [0.3, 0.4) is 0 Å². The Morgan fingerprint density at radius 1 is 1.12 bits per heavy atom. The average molecular weight is 257 g/mol. The molecule has 0 saturated carbocycles. The van der Waals surface area contributed by atoms with Crippen LogP contribution < -0.4 is 5.73 Å². The van der Waals surface area contributed by atoms with Crippen molar-refractivity contribution in [1.82, 2.24) is 0 Å². The summed E-state index contributed by atoms with van der Waals surface area (Å²) in [6.07, 6.45) is -9.47. The lowest BCUT2D eigenvalue weighted by Gasteiger charge is -2.24. The van der Waals surface area contributed by atoms with Crippen LogP contribution in [-0.4, -0.2) is 12.1 Å². The molecular weight excluding hydrogens is 248 g/mol. The maximum atomic E-state index is 13.3.